The average Bonchev–Trinajstić information content (AvgIpc) is 3.05. The zero-order valence-electron chi connectivity index (χ0n) is 12.8. The van der Waals surface area contributed by atoms with Crippen LogP contribution in [0, 0.1) is 0 Å². The topological polar surface area (TPSA) is 55.4 Å². The molecule has 5 heteroatoms. The van der Waals surface area contributed by atoms with E-state index in [1.165, 1.54) is 5.56 Å². The summed E-state index contributed by atoms with van der Waals surface area (Å²) in [4.78, 5) is 0. The monoisotopic (exact) mass is 297 g/mol. The van der Waals surface area contributed by atoms with E-state index in [9.17, 15) is 8.42 Å². The Morgan fingerprint density at radius 2 is 1.90 bits per heavy atom. The van der Waals surface area contributed by atoms with E-state index in [1.54, 1.807) is 7.11 Å². The molecule has 1 fully saturated rings. The lowest BCUT2D eigenvalue weighted by Crippen LogP contribution is -2.13. The SMILES string of the molecule is COc1c(NS(C)(=O)=O)cc(C2(C)CC2)cc1C(C)C. The van der Waals surface area contributed by atoms with E-state index in [0.717, 1.165) is 24.7 Å². The first kappa shape index (κ1) is 15.2. The maximum absolute atomic E-state index is 11.6. The van der Waals surface area contributed by atoms with Gasteiger partial charge in [0, 0.05) is 0 Å². The molecular formula is C15H23NO3S. The van der Waals surface area contributed by atoms with Crippen LogP contribution >= 0.6 is 0 Å². The van der Waals surface area contributed by atoms with Gasteiger partial charge < -0.3 is 4.74 Å². The first-order valence-electron chi connectivity index (χ1n) is 6.86. The van der Waals surface area contributed by atoms with E-state index in [0.29, 0.717) is 11.4 Å². The summed E-state index contributed by atoms with van der Waals surface area (Å²) in [6, 6.07) is 4.07. The lowest BCUT2D eigenvalue weighted by atomic mass is 9.91. The summed E-state index contributed by atoms with van der Waals surface area (Å²) in [5.41, 5.74) is 2.96. The van der Waals surface area contributed by atoms with Gasteiger partial charge in [-0.25, -0.2) is 8.42 Å². The first-order chi connectivity index (χ1) is 9.16. The molecule has 2 rings (SSSR count). The lowest BCUT2D eigenvalue weighted by molar-refractivity contribution is 0.409. The van der Waals surface area contributed by atoms with Crippen LogP contribution in [0.5, 0.6) is 5.75 Å². The Morgan fingerprint density at radius 3 is 2.30 bits per heavy atom. The Bertz CT molecular complexity index is 616. The van der Waals surface area contributed by atoms with Gasteiger partial charge in [0.2, 0.25) is 10.0 Å². The van der Waals surface area contributed by atoms with Crippen molar-refractivity contribution in [1.29, 1.82) is 0 Å². The van der Waals surface area contributed by atoms with Crippen molar-refractivity contribution in [2.24, 2.45) is 0 Å². The van der Waals surface area contributed by atoms with Crippen molar-refractivity contribution in [3.05, 3.63) is 23.3 Å². The molecule has 1 saturated carbocycles. The van der Waals surface area contributed by atoms with Crippen LogP contribution in [0.4, 0.5) is 5.69 Å². The van der Waals surface area contributed by atoms with Crippen LogP contribution in [-0.2, 0) is 15.4 Å². The highest BCUT2D eigenvalue weighted by molar-refractivity contribution is 7.92. The summed E-state index contributed by atoms with van der Waals surface area (Å²) in [5, 5.41) is 0. The van der Waals surface area contributed by atoms with Crippen molar-refractivity contribution in [3.63, 3.8) is 0 Å². The van der Waals surface area contributed by atoms with Crippen molar-refractivity contribution in [2.45, 2.75) is 44.9 Å². The van der Waals surface area contributed by atoms with E-state index in [1.807, 2.05) is 6.07 Å². The van der Waals surface area contributed by atoms with Gasteiger partial charge in [0.1, 0.15) is 5.75 Å². The Morgan fingerprint density at radius 1 is 1.30 bits per heavy atom. The van der Waals surface area contributed by atoms with E-state index in [2.05, 4.69) is 31.6 Å². The van der Waals surface area contributed by atoms with Crippen LogP contribution in [0.2, 0.25) is 0 Å². The Balaban J connectivity index is 2.60. The van der Waals surface area contributed by atoms with Gasteiger partial charge in [0.25, 0.3) is 0 Å². The third-order valence-corrected chi connectivity index (χ3v) is 4.53. The fourth-order valence-corrected chi connectivity index (χ4v) is 2.96. The van der Waals surface area contributed by atoms with Crippen molar-refractivity contribution in [1.82, 2.24) is 0 Å². The number of anilines is 1. The molecule has 0 spiro atoms. The second-order valence-corrected chi connectivity index (χ2v) is 7.98. The normalized spacial score (nSPS) is 17.1. The third kappa shape index (κ3) is 3.08. The Hall–Kier alpha value is -1.23. The third-order valence-electron chi connectivity index (χ3n) is 3.94. The number of methoxy groups -OCH3 is 1. The number of ether oxygens (including phenoxy) is 1. The summed E-state index contributed by atoms with van der Waals surface area (Å²) in [5.74, 6) is 0.894. The van der Waals surface area contributed by atoms with Gasteiger partial charge in [0.05, 0.1) is 19.1 Å². The minimum Gasteiger partial charge on any atom is -0.494 e. The van der Waals surface area contributed by atoms with E-state index in [-0.39, 0.29) is 11.3 Å². The van der Waals surface area contributed by atoms with E-state index >= 15 is 0 Å². The molecule has 0 saturated heterocycles. The molecule has 112 valence electrons. The predicted octanol–water partition coefficient (Wildman–Crippen LogP) is 3.24. The average molecular weight is 297 g/mol. The van der Waals surface area contributed by atoms with Crippen LogP contribution in [-0.4, -0.2) is 21.8 Å². The molecular weight excluding hydrogens is 274 g/mol. The summed E-state index contributed by atoms with van der Waals surface area (Å²) >= 11 is 0. The number of hydrogen-bond donors (Lipinski definition) is 1. The van der Waals surface area contributed by atoms with Gasteiger partial charge in [-0.3, -0.25) is 4.72 Å². The molecule has 1 aliphatic carbocycles. The van der Waals surface area contributed by atoms with Gasteiger partial charge in [-0.15, -0.1) is 0 Å². The van der Waals surface area contributed by atoms with Gasteiger partial charge in [-0.05, 0) is 41.4 Å². The smallest absolute Gasteiger partial charge is 0.229 e. The van der Waals surface area contributed by atoms with Crippen LogP contribution in [0.25, 0.3) is 0 Å². The maximum Gasteiger partial charge on any atom is 0.229 e. The summed E-state index contributed by atoms with van der Waals surface area (Å²) < 4.78 is 31.1. The second kappa shape index (κ2) is 4.95. The molecule has 0 atom stereocenters. The second-order valence-electron chi connectivity index (χ2n) is 6.24. The lowest BCUT2D eigenvalue weighted by Gasteiger charge is -2.20. The molecule has 0 amide bonds. The molecule has 1 aromatic carbocycles. The quantitative estimate of drug-likeness (QED) is 0.907. The number of benzene rings is 1. The van der Waals surface area contributed by atoms with Gasteiger partial charge in [-0.1, -0.05) is 26.8 Å². The molecule has 0 unspecified atom stereocenters. The summed E-state index contributed by atoms with van der Waals surface area (Å²) in [6.07, 6.45) is 3.46. The van der Waals surface area contributed by atoms with Crippen molar-refractivity contribution in [2.75, 3.05) is 18.1 Å². The molecule has 0 bridgehead atoms. The van der Waals surface area contributed by atoms with Crippen molar-refractivity contribution in [3.8, 4) is 5.75 Å². The highest BCUT2D eigenvalue weighted by Crippen LogP contribution is 2.50. The number of hydrogen-bond acceptors (Lipinski definition) is 3. The molecule has 20 heavy (non-hydrogen) atoms. The number of sulfonamides is 1. The molecule has 4 nitrogen and oxygen atoms in total. The molecule has 1 aliphatic rings. The molecule has 0 aromatic heterocycles. The minimum atomic E-state index is -3.32. The largest absolute Gasteiger partial charge is 0.494 e. The van der Waals surface area contributed by atoms with E-state index < -0.39 is 10.0 Å². The molecule has 0 heterocycles. The maximum atomic E-state index is 11.6. The Labute approximate surface area is 121 Å². The summed E-state index contributed by atoms with van der Waals surface area (Å²) in [7, 11) is -1.75. The van der Waals surface area contributed by atoms with Crippen LogP contribution in [0.1, 0.15) is 50.7 Å². The molecule has 0 radical (unpaired) electrons. The molecule has 1 N–H and O–H groups in total. The highest BCUT2D eigenvalue weighted by Gasteiger charge is 2.40. The van der Waals surface area contributed by atoms with E-state index in [4.69, 9.17) is 4.74 Å². The standard InChI is InChI=1S/C15H23NO3S/c1-10(2)12-8-11(15(3)6-7-15)9-13(14(12)19-4)16-20(5,17)18/h8-10,16H,6-7H2,1-5H3. The minimum absolute atomic E-state index is 0.184. The van der Waals surface area contributed by atoms with Crippen LogP contribution in [0.15, 0.2) is 12.1 Å². The zero-order valence-corrected chi connectivity index (χ0v) is 13.6. The van der Waals surface area contributed by atoms with Crippen molar-refractivity contribution < 1.29 is 13.2 Å². The molecule has 1 aromatic rings. The number of rotatable bonds is 5. The number of nitrogens with one attached hydrogen (secondary N) is 1. The Kier molecular flexibility index (Phi) is 3.75. The van der Waals surface area contributed by atoms with Gasteiger partial charge in [0.15, 0.2) is 0 Å². The summed E-state index contributed by atoms with van der Waals surface area (Å²) in [6.45, 7) is 6.38. The van der Waals surface area contributed by atoms with Crippen LogP contribution < -0.4 is 9.46 Å². The fourth-order valence-electron chi connectivity index (χ4n) is 2.41. The van der Waals surface area contributed by atoms with Gasteiger partial charge in [-0.2, -0.15) is 0 Å². The fraction of sp³-hybridized carbons (Fsp3) is 0.600. The van der Waals surface area contributed by atoms with Gasteiger partial charge >= 0.3 is 0 Å². The zero-order chi connectivity index (χ0) is 15.1. The first-order valence-corrected chi connectivity index (χ1v) is 8.75. The highest BCUT2D eigenvalue weighted by atomic mass is 32.2. The predicted molar refractivity (Wildman–Crippen MR) is 82.1 cm³/mol. The molecule has 0 aliphatic heterocycles. The van der Waals surface area contributed by atoms with Crippen molar-refractivity contribution >= 4 is 15.7 Å². The van der Waals surface area contributed by atoms with Crippen LogP contribution in [0.3, 0.4) is 0 Å².